The van der Waals surface area contributed by atoms with Gasteiger partial charge in [-0.25, -0.2) is 9.50 Å². The third kappa shape index (κ3) is 2.45. The summed E-state index contributed by atoms with van der Waals surface area (Å²) in [5.41, 5.74) is 2.40. The van der Waals surface area contributed by atoms with Crippen molar-refractivity contribution >= 4 is 16.3 Å². The Hall–Kier alpha value is -1.79. The molecule has 3 rings (SSSR count). The third-order valence-corrected chi connectivity index (χ3v) is 4.80. The van der Waals surface area contributed by atoms with E-state index in [-0.39, 0.29) is 6.61 Å². The minimum Gasteiger partial charge on any atom is -0.390 e. The molecule has 0 aliphatic heterocycles. The average molecular weight is 302 g/mol. The van der Waals surface area contributed by atoms with Crippen LogP contribution in [0.5, 0.6) is 0 Å². The van der Waals surface area contributed by atoms with Gasteiger partial charge in [-0.3, -0.25) is 4.98 Å². The molecule has 0 saturated carbocycles. The van der Waals surface area contributed by atoms with Crippen molar-refractivity contribution in [3.63, 3.8) is 0 Å². The summed E-state index contributed by atoms with van der Waals surface area (Å²) < 4.78 is 1.78. The zero-order valence-electron chi connectivity index (χ0n) is 12.2. The first kappa shape index (κ1) is 14.2. The highest BCUT2D eigenvalue weighted by atomic mass is 32.1. The van der Waals surface area contributed by atoms with Crippen molar-refractivity contribution in [2.24, 2.45) is 0 Å². The van der Waals surface area contributed by atoms with E-state index in [4.69, 9.17) is 0 Å². The zero-order chi connectivity index (χ0) is 14.8. The van der Waals surface area contributed by atoms with Crippen molar-refractivity contribution in [1.82, 2.24) is 19.6 Å². The highest BCUT2D eigenvalue weighted by molar-refractivity contribution is 7.16. The van der Waals surface area contributed by atoms with Crippen LogP contribution in [0.15, 0.2) is 24.5 Å². The number of fused-ring (bicyclic) bond motifs is 1. The van der Waals surface area contributed by atoms with Crippen molar-refractivity contribution < 1.29 is 5.11 Å². The summed E-state index contributed by atoms with van der Waals surface area (Å²) >= 11 is 1.61. The molecule has 21 heavy (non-hydrogen) atoms. The van der Waals surface area contributed by atoms with E-state index in [0.717, 1.165) is 39.8 Å². The SMILES string of the molecule is CCC(CC)c1nn2c(CO)c(-c3cccnc3)nc2s1. The van der Waals surface area contributed by atoms with Gasteiger partial charge in [0.1, 0.15) is 5.01 Å². The van der Waals surface area contributed by atoms with E-state index in [2.05, 4.69) is 28.9 Å². The quantitative estimate of drug-likeness (QED) is 0.786. The summed E-state index contributed by atoms with van der Waals surface area (Å²) in [7, 11) is 0. The van der Waals surface area contributed by atoms with Crippen LogP contribution >= 0.6 is 11.3 Å². The number of imidazole rings is 1. The fourth-order valence-electron chi connectivity index (χ4n) is 2.48. The van der Waals surface area contributed by atoms with Gasteiger partial charge in [0.15, 0.2) is 0 Å². The van der Waals surface area contributed by atoms with Crippen molar-refractivity contribution in [3.8, 4) is 11.3 Å². The molecule has 6 heteroatoms. The molecular weight excluding hydrogens is 284 g/mol. The zero-order valence-corrected chi connectivity index (χ0v) is 13.0. The molecule has 3 aromatic rings. The van der Waals surface area contributed by atoms with Gasteiger partial charge in [-0.1, -0.05) is 25.2 Å². The predicted octanol–water partition coefficient (Wildman–Crippen LogP) is 3.25. The molecular formula is C15H18N4OS. The summed E-state index contributed by atoms with van der Waals surface area (Å²) in [5.74, 6) is 0.463. The summed E-state index contributed by atoms with van der Waals surface area (Å²) in [5, 5.41) is 15.5. The van der Waals surface area contributed by atoms with E-state index in [9.17, 15) is 5.11 Å². The van der Waals surface area contributed by atoms with Crippen molar-refractivity contribution in [1.29, 1.82) is 0 Å². The normalized spacial score (nSPS) is 11.6. The van der Waals surface area contributed by atoms with Gasteiger partial charge >= 0.3 is 0 Å². The molecule has 0 atom stereocenters. The molecule has 0 radical (unpaired) electrons. The van der Waals surface area contributed by atoms with E-state index < -0.39 is 0 Å². The van der Waals surface area contributed by atoms with Crippen LogP contribution in [0.25, 0.3) is 16.2 Å². The molecule has 0 unspecified atom stereocenters. The van der Waals surface area contributed by atoms with E-state index in [1.807, 2.05) is 12.1 Å². The standard InChI is InChI=1S/C15H18N4OS/c1-3-10(4-2)14-18-19-12(9-20)13(17-15(19)21-14)11-6-5-7-16-8-11/h5-8,10,20H,3-4,9H2,1-2H3. The Morgan fingerprint density at radius 2 is 2.14 bits per heavy atom. The second kappa shape index (κ2) is 5.91. The first-order valence-electron chi connectivity index (χ1n) is 7.18. The van der Waals surface area contributed by atoms with Crippen LogP contribution in [-0.4, -0.2) is 24.7 Å². The van der Waals surface area contributed by atoms with Crippen molar-refractivity contribution in [2.75, 3.05) is 0 Å². The monoisotopic (exact) mass is 302 g/mol. The maximum Gasteiger partial charge on any atom is 0.213 e. The molecule has 0 amide bonds. The Morgan fingerprint density at radius 1 is 1.33 bits per heavy atom. The molecule has 0 spiro atoms. The summed E-state index contributed by atoms with van der Waals surface area (Å²) in [4.78, 5) is 9.59. The molecule has 0 bridgehead atoms. The molecule has 5 nitrogen and oxygen atoms in total. The predicted molar refractivity (Wildman–Crippen MR) is 83.3 cm³/mol. The van der Waals surface area contributed by atoms with Gasteiger partial charge < -0.3 is 5.11 Å². The molecule has 0 aliphatic rings. The average Bonchev–Trinajstić information content (AvgIpc) is 3.06. The molecule has 1 N–H and O–H groups in total. The van der Waals surface area contributed by atoms with Gasteiger partial charge in [0.2, 0.25) is 4.96 Å². The minimum absolute atomic E-state index is 0.0858. The number of pyridine rings is 1. The lowest BCUT2D eigenvalue weighted by atomic mass is 10.1. The number of aromatic nitrogens is 4. The first-order chi connectivity index (χ1) is 10.3. The van der Waals surface area contributed by atoms with Crippen LogP contribution in [0.1, 0.15) is 43.3 Å². The molecule has 3 heterocycles. The van der Waals surface area contributed by atoms with E-state index >= 15 is 0 Å². The van der Waals surface area contributed by atoms with Crippen LogP contribution in [-0.2, 0) is 6.61 Å². The highest BCUT2D eigenvalue weighted by Gasteiger charge is 2.20. The van der Waals surface area contributed by atoms with Crippen molar-refractivity contribution in [3.05, 3.63) is 35.2 Å². The van der Waals surface area contributed by atoms with E-state index in [1.54, 1.807) is 28.2 Å². The smallest absolute Gasteiger partial charge is 0.213 e. The van der Waals surface area contributed by atoms with Gasteiger partial charge in [0.25, 0.3) is 0 Å². The molecule has 3 aromatic heterocycles. The number of rotatable bonds is 5. The third-order valence-electron chi connectivity index (χ3n) is 3.73. The maximum atomic E-state index is 9.71. The number of nitrogens with zero attached hydrogens (tertiary/aromatic N) is 4. The maximum absolute atomic E-state index is 9.71. The van der Waals surface area contributed by atoms with Crippen LogP contribution in [0.3, 0.4) is 0 Å². The number of hydrogen-bond acceptors (Lipinski definition) is 5. The second-order valence-corrected chi connectivity index (χ2v) is 5.94. The summed E-state index contributed by atoms with van der Waals surface area (Å²) in [6, 6.07) is 3.81. The van der Waals surface area contributed by atoms with Crippen molar-refractivity contribution in [2.45, 2.75) is 39.2 Å². The Kier molecular flexibility index (Phi) is 3.98. The Labute approximate surface area is 127 Å². The van der Waals surface area contributed by atoms with Crippen LogP contribution in [0.4, 0.5) is 0 Å². The van der Waals surface area contributed by atoms with Crippen LogP contribution in [0.2, 0.25) is 0 Å². The van der Waals surface area contributed by atoms with Gasteiger partial charge in [-0.05, 0) is 25.0 Å². The van der Waals surface area contributed by atoms with E-state index in [1.165, 1.54) is 0 Å². The largest absolute Gasteiger partial charge is 0.390 e. The summed E-state index contributed by atoms with van der Waals surface area (Å²) in [6.45, 7) is 4.26. The molecule has 0 saturated heterocycles. The van der Waals surface area contributed by atoms with Gasteiger partial charge in [-0.2, -0.15) is 5.10 Å². The highest BCUT2D eigenvalue weighted by Crippen LogP contribution is 2.31. The van der Waals surface area contributed by atoms with Gasteiger partial charge in [-0.15, -0.1) is 0 Å². The molecule has 0 aromatic carbocycles. The van der Waals surface area contributed by atoms with Crippen LogP contribution in [0, 0.1) is 0 Å². The molecule has 0 fully saturated rings. The second-order valence-electron chi connectivity index (χ2n) is 4.96. The number of aliphatic hydroxyl groups is 1. The minimum atomic E-state index is -0.0858. The fourth-order valence-corrected chi connectivity index (χ4v) is 3.67. The lowest BCUT2D eigenvalue weighted by Crippen LogP contribution is -2.00. The summed E-state index contributed by atoms with van der Waals surface area (Å²) in [6.07, 6.45) is 5.62. The Bertz CT molecular complexity index is 731. The molecule has 0 aliphatic carbocycles. The lowest BCUT2D eigenvalue weighted by Gasteiger charge is -2.06. The Morgan fingerprint density at radius 3 is 2.76 bits per heavy atom. The Balaban J connectivity index is 2.11. The topological polar surface area (TPSA) is 63.3 Å². The number of aliphatic hydroxyl groups excluding tert-OH is 1. The first-order valence-corrected chi connectivity index (χ1v) is 7.99. The lowest BCUT2D eigenvalue weighted by molar-refractivity contribution is 0.275. The van der Waals surface area contributed by atoms with E-state index in [0.29, 0.717) is 5.92 Å². The fraction of sp³-hybridized carbons (Fsp3) is 0.400. The van der Waals surface area contributed by atoms with Gasteiger partial charge in [0.05, 0.1) is 18.0 Å². The van der Waals surface area contributed by atoms with Crippen LogP contribution < -0.4 is 0 Å². The molecule has 110 valence electrons. The van der Waals surface area contributed by atoms with Gasteiger partial charge in [0, 0.05) is 23.9 Å². The number of hydrogen-bond donors (Lipinski definition) is 1.